The van der Waals surface area contributed by atoms with E-state index in [1.54, 1.807) is 29.1 Å². The average molecular weight is 478 g/mol. The molecule has 0 spiro atoms. The summed E-state index contributed by atoms with van der Waals surface area (Å²) in [6, 6.07) is 13.0. The molecule has 0 atom stereocenters. The molecule has 5 aromatic rings. The maximum Gasteiger partial charge on any atom is 0.266 e. The number of aromatic nitrogens is 6. The monoisotopic (exact) mass is 477 g/mol. The minimum atomic E-state index is -0.113. The third kappa shape index (κ3) is 4.17. The smallest absolute Gasteiger partial charge is 0.266 e. The molecule has 2 N–H and O–H groups in total. The Hall–Kier alpha value is -3.43. The molecule has 0 aliphatic carbocycles. The fourth-order valence-corrected chi connectivity index (χ4v) is 4.79. The Kier molecular flexibility index (Phi) is 5.74. The Bertz CT molecular complexity index is 1550. The number of imidazole rings is 1. The Morgan fingerprint density at radius 3 is 2.85 bits per heavy atom. The van der Waals surface area contributed by atoms with Crippen molar-refractivity contribution in [2.75, 3.05) is 11.5 Å². The van der Waals surface area contributed by atoms with Gasteiger partial charge >= 0.3 is 0 Å². The van der Waals surface area contributed by atoms with E-state index in [1.807, 2.05) is 35.8 Å². The molecular formula is C23H20ClN7OS. The van der Waals surface area contributed by atoms with Crippen molar-refractivity contribution < 1.29 is 0 Å². The van der Waals surface area contributed by atoms with E-state index < -0.39 is 0 Å². The van der Waals surface area contributed by atoms with Crippen molar-refractivity contribution >= 4 is 51.2 Å². The van der Waals surface area contributed by atoms with E-state index in [1.165, 1.54) is 18.1 Å². The minimum Gasteiger partial charge on any atom is -0.382 e. The maximum absolute atomic E-state index is 13.4. The van der Waals surface area contributed by atoms with Crippen LogP contribution in [0.2, 0.25) is 5.02 Å². The normalized spacial score (nSPS) is 11.5. The fourth-order valence-electron chi connectivity index (χ4n) is 3.69. The highest BCUT2D eigenvalue weighted by Crippen LogP contribution is 2.24. The Morgan fingerprint density at radius 2 is 2.00 bits per heavy atom. The molecule has 0 fully saturated rings. The molecule has 0 radical (unpaired) electrons. The van der Waals surface area contributed by atoms with Gasteiger partial charge in [0.25, 0.3) is 5.56 Å². The Balaban J connectivity index is 1.44. The van der Waals surface area contributed by atoms with Crippen LogP contribution in [0.5, 0.6) is 0 Å². The van der Waals surface area contributed by atoms with E-state index >= 15 is 0 Å². The summed E-state index contributed by atoms with van der Waals surface area (Å²) in [5.41, 5.74) is 9.52. The molecule has 5 rings (SSSR count). The van der Waals surface area contributed by atoms with Crippen LogP contribution in [-0.2, 0) is 6.54 Å². The topological polar surface area (TPSA) is 105 Å². The second-order valence-electron chi connectivity index (χ2n) is 7.61. The standard InChI is InChI=1S/C23H20ClN7OS/c1-14-4-2-5-16(10-14)31-22(32)17-7-6-15(24)11-18(17)29-23(31)33-9-3-8-30-13-28-19-20(25)26-12-27-21(19)30/h2,4-7,10-13H,3,8-9H2,1H3,(H2,25,26,27). The third-order valence-electron chi connectivity index (χ3n) is 5.26. The molecule has 3 heterocycles. The molecule has 0 bridgehead atoms. The summed E-state index contributed by atoms with van der Waals surface area (Å²) in [6.07, 6.45) is 3.98. The molecule has 0 saturated heterocycles. The summed E-state index contributed by atoms with van der Waals surface area (Å²) in [5.74, 6) is 1.11. The molecule has 0 aliphatic heterocycles. The number of nitrogens with zero attached hydrogens (tertiary/aromatic N) is 6. The van der Waals surface area contributed by atoms with Crippen LogP contribution in [-0.4, -0.2) is 34.8 Å². The van der Waals surface area contributed by atoms with Crippen LogP contribution in [0.1, 0.15) is 12.0 Å². The summed E-state index contributed by atoms with van der Waals surface area (Å²) in [4.78, 5) is 30.8. The predicted molar refractivity (Wildman–Crippen MR) is 132 cm³/mol. The highest BCUT2D eigenvalue weighted by Gasteiger charge is 2.14. The molecule has 0 saturated carbocycles. The number of hydrogen-bond donors (Lipinski definition) is 1. The van der Waals surface area contributed by atoms with Gasteiger partial charge in [-0.15, -0.1) is 0 Å². The first-order valence-electron chi connectivity index (χ1n) is 10.3. The molecular weight excluding hydrogens is 458 g/mol. The lowest BCUT2D eigenvalue weighted by Crippen LogP contribution is -2.22. The number of aryl methyl sites for hydroxylation is 2. The molecule has 0 unspecified atom stereocenters. The molecule has 166 valence electrons. The van der Waals surface area contributed by atoms with E-state index in [4.69, 9.17) is 22.3 Å². The second-order valence-corrected chi connectivity index (χ2v) is 9.11. The highest BCUT2D eigenvalue weighted by molar-refractivity contribution is 7.99. The number of fused-ring (bicyclic) bond motifs is 2. The van der Waals surface area contributed by atoms with Crippen LogP contribution < -0.4 is 11.3 Å². The number of nitrogens with two attached hydrogens (primary N) is 1. The van der Waals surface area contributed by atoms with Crippen LogP contribution in [0, 0.1) is 6.92 Å². The number of halogens is 1. The Labute approximate surface area is 198 Å². The lowest BCUT2D eigenvalue weighted by molar-refractivity contribution is 0.695. The number of benzene rings is 2. The van der Waals surface area contributed by atoms with Gasteiger partial charge in [0.05, 0.1) is 22.9 Å². The van der Waals surface area contributed by atoms with Crippen LogP contribution in [0.15, 0.2) is 65.1 Å². The first-order valence-corrected chi connectivity index (χ1v) is 11.7. The van der Waals surface area contributed by atoms with Gasteiger partial charge < -0.3 is 10.3 Å². The predicted octanol–water partition coefficient (Wildman–Crippen LogP) is 4.25. The van der Waals surface area contributed by atoms with Gasteiger partial charge in [-0.2, -0.15) is 0 Å². The first kappa shape index (κ1) is 21.4. The van der Waals surface area contributed by atoms with Gasteiger partial charge in [-0.3, -0.25) is 9.36 Å². The largest absolute Gasteiger partial charge is 0.382 e. The second kappa shape index (κ2) is 8.84. The molecule has 3 aromatic heterocycles. The van der Waals surface area contributed by atoms with Crippen molar-refractivity contribution in [2.45, 2.75) is 25.0 Å². The molecule has 0 amide bonds. The van der Waals surface area contributed by atoms with Crippen molar-refractivity contribution in [1.29, 1.82) is 0 Å². The van der Waals surface area contributed by atoms with E-state index in [9.17, 15) is 4.79 Å². The fraction of sp³-hybridized carbons (Fsp3) is 0.174. The summed E-state index contributed by atoms with van der Waals surface area (Å²) < 4.78 is 3.63. The first-order chi connectivity index (χ1) is 16.0. The van der Waals surface area contributed by atoms with Crippen LogP contribution in [0.3, 0.4) is 0 Å². The Morgan fingerprint density at radius 1 is 1.12 bits per heavy atom. The van der Waals surface area contributed by atoms with E-state index in [2.05, 4.69) is 15.0 Å². The van der Waals surface area contributed by atoms with Crippen LogP contribution >= 0.6 is 23.4 Å². The minimum absolute atomic E-state index is 0.113. The number of hydrogen-bond acceptors (Lipinski definition) is 7. The SMILES string of the molecule is Cc1cccc(-n2c(SCCCn3cnc4c(N)ncnc43)nc3cc(Cl)ccc3c2=O)c1. The number of thioether (sulfide) groups is 1. The lowest BCUT2D eigenvalue weighted by atomic mass is 10.2. The zero-order valence-corrected chi connectivity index (χ0v) is 19.3. The average Bonchev–Trinajstić information content (AvgIpc) is 3.21. The summed E-state index contributed by atoms with van der Waals surface area (Å²) in [7, 11) is 0. The van der Waals surface area contributed by atoms with Gasteiger partial charge in [-0.25, -0.2) is 19.9 Å². The molecule has 2 aromatic carbocycles. The lowest BCUT2D eigenvalue weighted by Gasteiger charge is -2.14. The van der Waals surface area contributed by atoms with Crippen molar-refractivity contribution in [3.05, 3.63) is 76.1 Å². The molecule has 0 aliphatic rings. The summed E-state index contributed by atoms with van der Waals surface area (Å²) in [6.45, 7) is 2.70. The zero-order chi connectivity index (χ0) is 22.9. The zero-order valence-electron chi connectivity index (χ0n) is 17.8. The van der Waals surface area contributed by atoms with Gasteiger partial charge in [0.2, 0.25) is 0 Å². The van der Waals surface area contributed by atoms with E-state index in [-0.39, 0.29) is 5.56 Å². The van der Waals surface area contributed by atoms with Gasteiger partial charge in [0.15, 0.2) is 16.6 Å². The van der Waals surface area contributed by atoms with Crippen LogP contribution in [0.4, 0.5) is 5.82 Å². The summed E-state index contributed by atoms with van der Waals surface area (Å²) in [5, 5.41) is 1.71. The van der Waals surface area contributed by atoms with Crippen molar-refractivity contribution in [2.24, 2.45) is 0 Å². The van der Waals surface area contributed by atoms with E-state index in [0.717, 1.165) is 23.4 Å². The number of anilines is 1. The number of nitrogen functional groups attached to an aromatic ring is 1. The van der Waals surface area contributed by atoms with Gasteiger partial charge in [-0.05, 0) is 49.2 Å². The molecule has 8 nitrogen and oxygen atoms in total. The molecule has 33 heavy (non-hydrogen) atoms. The quantitative estimate of drug-likeness (QED) is 0.221. The molecule has 10 heteroatoms. The van der Waals surface area contributed by atoms with E-state index in [0.29, 0.717) is 44.6 Å². The van der Waals surface area contributed by atoms with Gasteiger partial charge in [0.1, 0.15) is 11.8 Å². The number of rotatable bonds is 6. The third-order valence-corrected chi connectivity index (χ3v) is 6.52. The summed E-state index contributed by atoms with van der Waals surface area (Å²) >= 11 is 7.69. The van der Waals surface area contributed by atoms with Gasteiger partial charge in [0, 0.05) is 17.3 Å². The van der Waals surface area contributed by atoms with Gasteiger partial charge in [-0.1, -0.05) is 35.5 Å². The van der Waals surface area contributed by atoms with Crippen molar-refractivity contribution in [3.8, 4) is 5.69 Å². The van der Waals surface area contributed by atoms with Crippen molar-refractivity contribution in [3.63, 3.8) is 0 Å². The van der Waals surface area contributed by atoms with Crippen molar-refractivity contribution in [1.82, 2.24) is 29.1 Å². The highest BCUT2D eigenvalue weighted by atomic mass is 35.5. The van der Waals surface area contributed by atoms with Crippen LogP contribution in [0.25, 0.3) is 27.8 Å². The maximum atomic E-state index is 13.4.